The molecular formula is C10H7F5O5. The molecule has 0 aliphatic rings. The summed E-state index contributed by atoms with van der Waals surface area (Å²) in [6, 6.07) is 2.42. The second kappa shape index (κ2) is 5.90. The van der Waals surface area contributed by atoms with Crippen LogP contribution in [0.15, 0.2) is 18.2 Å². The zero-order valence-corrected chi connectivity index (χ0v) is 9.40. The first-order valence-corrected chi connectivity index (χ1v) is 4.86. The van der Waals surface area contributed by atoms with Crippen LogP contribution in [0, 0.1) is 0 Å². The van der Waals surface area contributed by atoms with Gasteiger partial charge in [0.1, 0.15) is 0 Å². The zero-order valence-electron chi connectivity index (χ0n) is 9.40. The lowest BCUT2D eigenvalue weighted by atomic mass is 10.1. The average Bonchev–Trinajstić information content (AvgIpc) is 2.27. The number of rotatable bonds is 5. The van der Waals surface area contributed by atoms with Crippen molar-refractivity contribution in [1.82, 2.24) is 0 Å². The second-order valence-electron chi connectivity index (χ2n) is 3.34. The van der Waals surface area contributed by atoms with Gasteiger partial charge in [0.15, 0.2) is 17.6 Å². The lowest BCUT2D eigenvalue weighted by molar-refractivity contribution is -0.276. The van der Waals surface area contributed by atoms with Gasteiger partial charge in [0, 0.05) is 5.56 Å². The molecule has 1 aromatic rings. The van der Waals surface area contributed by atoms with Gasteiger partial charge in [-0.1, -0.05) is 12.1 Å². The normalized spacial score (nSPS) is 13.2. The van der Waals surface area contributed by atoms with Gasteiger partial charge in [0.2, 0.25) is 0 Å². The van der Waals surface area contributed by atoms with Crippen molar-refractivity contribution < 1.29 is 46.4 Å². The number of carbonyl (C=O) groups is 1. The highest BCUT2D eigenvalue weighted by atomic mass is 19.4. The summed E-state index contributed by atoms with van der Waals surface area (Å²) < 4.78 is 68.1. The smallest absolute Gasteiger partial charge is 0.479 e. The highest BCUT2D eigenvalue weighted by Gasteiger charge is 2.36. The van der Waals surface area contributed by atoms with Crippen LogP contribution >= 0.6 is 0 Å². The number of aliphatic hydroxyl groups is 1. The van der Waals surface area contributed by atoms with Crippen molar-refractivity contribution in [3.63, 3.8) is 0 Å². The van der Waals surface area contributed by atoms with Crippen LogP contribution in [0.1, 0.15) is 11.7 Å². The number of alkyl halides is 5. The molecule has 1 aromatic carbocycles. The lowest BCUT2D eigenvalue weighted by Gasteiger charge is -2.18. The minimum Gasteiger partial charge on any atom is -0.479 e. The van der Waals surface area contributed by atoms with Crippen LogP contribution in [-0.4, -0.2) is 29.2 Å². The van der Waals surface area contributed by atoms with E-state index in [2.05, 4.69) is 9.47 Å². The Morgan fingerprint density at radius 3 is 2.30 bits per heavy atom. The van der Waals surface area contributed by atoms with Crippen molar-refractivity contribution in [3.8, 4) is 11.5 Å². The van der Waals surface area contributed by atoms with Gasteiger partial charge in [-0.25, -0.2) is 4.79 Å². The number of halogens is 5. The van der Waals surface area contributed by atoms with Crippen molar-refractivity contribution >= 4 is 5.97 Å². The quantitative estimate of drug-likeness (QED) is 0.816. The molecule has 10 heteroatoms. The Bertz CT molecular complexity index is 487. The molecule has 0 spiro atoms. The predicted molar refractivity (Wildman–Crippen MR) is 52.4 cm³/mol. The van der Waals surface area contributed by atoms with Crippen LogP contribution in [-0.2, 0) is 4.79 Å². The molecule has 2 N–H and O–H groups in total. The van der Waals surface area contributed by atoms with E-state index >= 15 is 0 Å². The monoisotopic (exact) mass is 302 g/mol. The summed E-state index contributed by atoms with van der Waals surface area (Å²) in [5.41, 5.74) is -0.868. The number of carboxylic acids is 1. The number of aliphatic carboxylic acids is 1. The Hall–Kier alpha value is -2.10. The van der Waals surface area contributed by atoms with Crippen molar-refractivity contribution in [2.45, 2.75) is 19.1 Å². The van der Waals surface area contributed by atoms with Crippen LogP contribution in [0.5, 0.6) is 11.5 Å². The van der Waals surface area contributed by atoms with Crippen LogP contribution < -0.4 is 9.47 Å². The van der Waals surface area contributed by atoms with E-state index in [0.29, 0.717) is 6.07 Å². The molecule has 0 aliphatic carbocycles. The molecule has 1 unspecified atom stereocenters. The minimum absolute atomic E-state index is 0.714. The van der Waals surface area contributed by atoms with Crippen molar-refractivity contribution in [2.24, 2.45) is 0 Å². The summed E-state index contributed by atoms with van der Waals surface area (Å²) in [5, 5.41) is 17.8. The predicted octanol–water partition coefficient (Wildman–Crippen LogP) is 2.30. The van der Waals surface area contributed by atoms with Gasteiger partial charge in [0.05, 0.1) is 0 Å². The van der Waals surface area contributed by atoms with Crippen LogP contribution in [0.2, 0.25) is 0 Å². The van der Waals surface area contributed by atoms with Gasteiger partial charge in [0.25, 0.3) is 0 Å². The fourth-order valence-electron chi connectivity index (χ4n) is 1.29. The van der Waals surface area contributed by atoms with Gasteiger partial charge in [-0.3, -0.25) is 0 Å². The second-order valence-corrected chi connectivity index (χ2v) is 3.34. The molecule has 0 fully saturated rings. The van der Waals surface area contributed by atoms with E-state index in [1.165, 1.54) is 0 Å². The van der Waals surface area contributed by atoms with Crippen molar-refractivity contribution in [1.29, 1.82) is 0 Å². The van der Waals surface area contributed by atoms with E-state index in [1.54, 1.807) is 0 Å². The molecule has 0 saturated carbocycles. The van der Waals surface area contributed by atoms with E-state index in [1.807, 2.05) is 0 Å². The highest BCUT2D eigenvalue weighted by Crippen LogP contribution is 2.39. The third-order valence-electron chi connectivity index (χ3n) is 1.97. The molecule has 112 valence electrons. The maximum Gasteiger partial charge on any atom is 0.573 e. The summed E-state index contributed by atoms with van der Waals surface area (Å²) in [4.78, 5) is 10.6. The molecule has 0 bridgehead atoms. The zero-order chi connectivity index (χ0) is 15.5. The van der Waals surface area contributed by atoms with E-state index in [9.17, 15) is 31.9 Å². The summed E-state index contributed by atoms with van der Waals surface area (Å²) in [6.07, 6.45) is -7.68. The first kappa shape index (κ1) is 16.0. The lowest BCUT2D eigenvalue weighted by Crippen LogP contribution is -2.21. The molecule has 0 heterocycles. The maximum atomic E-state index is 12.2. The van der Waals surface area contributed by atoms with Crippen LogP contribution in [0.25, 0.3) is 0 Å². The SMILES string of the molecule is O=C(O)C(O)c1cccc(OC(F)F)c1OC(F)(F)F. The summed E-state index contributed by atoms with van der Waals surface area (Å²) in [7, 11) is 0. The molecule has 5 nitrogen and oxygen atoms in total. The standard InChI is InChI=1S/C10H7F5O5/c11-9(12)19-5-3-1-2-4(6(16)8(17)18)7(5)20-10(13,14)15/h1-3,6,9,16H,(H,17,18). The van der Waals surface area contributed by atoms with E-state index in [-0.39, 0.29) is 0 Å². The molecule has 0 aliphatic heterocycles. The molecule has 0 aromatic heterocycles. The number of benzene rings is 1. The third-order valence-corrected chi connectivity index (χ3v) is 1.97. The number of hydrogen-bond donors (Lipinski definition) is 2. The van der Waals surface area contributed by atoms with Gasteiger partial charge >= 0.3 is 18.9 Å². The Kier molecular flexibility index (Phi) is 4.71. The Morgan fingerprint density at radius 2 is 1.85 bits per heavy atom. The summed E-state index contributed by atoms with van der Waals surface area (Å²) in [6.45, 7) is -3.46. The van der Waals surface area contributed by atoms with Gasteiger partial charge in [-0.05, 0) is 6.07 Å². The Labute approximate surface area is 108 Å². The number of aliphatic hydroxyl groups excluding tert-OH is 1. The highest BCUT2D eigenvalue weighted by molar-refractivity contribution is 5.75. The molecule has 20 heavy (non-hydrogen) atoms. The number of carboxylic acid groups (broad SMARTS) is 1. The number of hydrogen-bond acceptors (Lipinski definition) is 4. The molecule has 0 saturated heterocycles. The largest absolute Gasteiger partial charge is 0.573 e. The molecule has 1 atom stereocenters. The Balaban J connectivity index is 3.32. The Morgan fingerprint density at radius 1 is 1.25 bits per heavy atom. The maximum absolute atomic E-state index is 12.2. The van der Waals surface area contributed by atoms with Gasteiger partial charge in [-0.15, -0.1) is 13.2 Å². The summed E-state index contributed by atoms with van der Waals surface area (Å²) in [5.74, 6) is -4.27. The fourth-order valence-corrected chi connectivity index (χ4v) is 1.29. The average molecular weight is 302 g/mol. The first-order valence-electron chi connectivity index (χ1n) is 4.86. The van der Waals surface area contributed by atoms with E-state index in [0.717, 1.165) is 12.1 Å². The van der Waals surface area contributed by atoms with E-state index < -0.39 is 42.1 Å². The third kappa shape index (κ3) is 4.23. The fraction of sp³-hybridized carbons (Fsp3) is 0.300. The van der Waals surface area contributed by atoms with Crippen molar-refractivity contribution in [3.05, 3.63) is 23.8 Å². The topological polar surface area (TPSA) is 76.0 Å². The van der Waals surface area contributed by atoms with E-state index in [4.69, 9.17) is 5.11 Å². The molecule has 0 amide bonds. The van der Waals surface area contributed by atoms with Crippen molar-refractivity contribution in [2.75, 3.05) is 0 Å². The number of para-hydroxylation sites is 1. The molecule has 0 radical (unpaired) electrons. The first-order chi connectivity index (χ1) is 9.11. The van der Waals surface area contributed by atoms with Crippen LogP contribution in [0.3, 0.4) is 0 Å². The minimum atomic E-state index is -5.28. The molecular weight excluding hydrogens is 295 g/mol. The summed E-state index contributed by atoms with van der Waals surface area (Å²) >= 11 is 0. The molecule has 1 rings (SSSR count). The number of ether oxygens (including phenoxy) is 2. The van der Waals surface area contributed by atoms with Crippen LogP contribution in [0.4, 0.5) is 22.0 Å². The van der Waals surface area contributed by atoms with Gasteiger partial charge in [-0.2, -0.15) is 8.78 Å². The van der Waals surface area contributed by atoms with Gasteiger partial charge < -0.3 is 19.7 Å².